The Morgan fingerprint density at radius 3 is 2.65 bits per heavy atom. The van der Waals surface area contributed by atoms with Gasteiger partial charge in [-0.25, -0.2) is 10.2 Å². The molecule has 0 unspecified atom stereocenters. The quantitative estimate of drug-likeness (QED) is 0.695. The van der Waals surface area contributed by atoms with E-state index in [0.717, 1.165) is 15.9 Å². The van der Waals surface area contributed by atoms with Gasteiger partial charge in [-0.15, -0.1) is 5.10 Å². The first-order valence-corrected chi connectivity index (χ1v) is 8.99. The van der Waals surface area contributed by atoms with E-state index in [1.54, 1.807) is 29.2 Å². The van der Waals surface area contributed by atoms with E-state index >= 15 is 0 Å². The third kappa shape index (κ3) is 2.95. The van der Waals surface area contributed by atoms with E-state index in [1.807, 2.05) is 35.9 Å². The minimum atomic E-state index is -0.292. The maximum Gasteiger partial charge on any atom is 0.321 e. The molecule has 132 valence electrons. The molecule has 2 aromatic carbocycles. The van der Waals surface area contributed by atoms with Crippen molar-refractivity contribution in [1.82, 2.24) is 15.3 Å². The van der Waals surface area contributed by atoms with E-state index in [-0.39, 0.29) is 11.9 Å². The van der Waals surface area contributed by atoms with Crippen LogP contribution in [0.4, 0.5) is 10.5 Å². The van der Waals surface area contributed by atoms with Gasteiger partial charge in [0.2, 0.25) is 4.80 Å². The van der Waals surface area contributed by atoms with E-state index in [4.69, 9.17) is 0 Å². The van der Waals surface area contributed by atoms with Crippen LogP contribution in [0.3, 0.4) is 0 Å². The van der Waals surface area contributed by atoms with Crippen LogP contribution in [0.5, 0.6) is 0 Å². The van der Waals surface area contributed by atoms with Crippen molar-refractivity contribution >= 4 is 39.2 Å². The van der Waals surface area contributed by atoms with Crippen LogP contribution < -0.4 is 20.4 Å². The topological polar surface area (TPSA) is 78.7 Å². The second kappa shape index (κ2) is 6.64. The number of nitrogens with one attached hydrogen (secondary N) is 2. The second-order valence-corrected chi connectivity index (χ2v) is 6.90. The number of amides is 3. The molecule has 0 bridgehead atoms. The van der Waals surface area contributed by atoms with Crippen LogP contribution in [-0.4, -0.2) is 29.6 Å². The highest BCUT2D eigenvalue weighted by Gasteiger charge is 2.21. The number of fused-ring (bicyclic) bond motifs is 1. The van der Waals surface area contributed by atoms with Gasteiger partial charge in [-0.2, -0.15) is 0 Å². The predicted octanol–water partition coefficient (Wildman–Crippen LogP) is 2.02. The molecule has 1 aliphatic heterocycles. The molecule has 2 N–H and O–H groups in total. The monoisotopic (exact) mass is 367 g/mol. The molecular formula is C18H17N5O2S. The molecule has 0 saturated carbocycles. The van der Waals surface area contributed by atoms with Gasteiger partial charge in [0.05, 0.1) is 10.2 Å². The molecule has 2 heterocycles. The molecule has 0 atom stereocenters. The summed E-state index contributed by atoms with van der Waals surface area (Å²) in [5.74, 6) is -0.292. The molecule has 26 heavy (non-hydrogen) atoms. The number of para-hydroxylation sites is 1. The molecule has 8 heteroatoms. The van der Waals surface area contributed by atoms with Crippen molar-refractivity contribution in [2.45, 2.75) is 0 Å². The molecule has 0 spiro atoms. The number of benzene rings is 2. The average molecular weight is 367 g/mol. The third-order valence-electron chi connectivity index (χ3n) is 4.27. The summed E-state index contributed by atoms with van der Waals surface area (Å²) in [6, 6.07) is 14.8. The van der Waals surface area contributed by atoms with Crippen molar-refractivity contribution in [1.29, 1.82) is 0 Å². The number of thiazole rings is 1. The Balaban J connectivity index is 1.52. The SMILES string of the molecule is Cn1/c(=N/NC(=O)c2ccc(N3CCNC3=O)cc2)sc2ccccc21. The van der Waals surface area contributed by atoms with Crippen molar-refractivity contribution in [3.63, 3.8) is 0 Å². The molecule has 0 radical (unpaired) electrons. The average Bonchev–Trinajstić information content (AvgIpc) is 3.23. The highest BCUT2D eigenvalue weighted by atomic mass is 32.1. The van der Waals surface area contributed by atoms with Crippen LogP contribution in [0.25, 0.3) is 10.2 Å². The number of rotatable bonds is 3. The van der Waals surface area contributed by atoms with Crippen LogP contribution in [-0.2, 0) is 7.05 Å². The molecular weight excluding hydrogens is 350 g/mol. The number of hydrogen-bond acceptors (Lipinski definition) is 4. The zero-order valence-corrected chi connectivity index (χ0v) is 14.9. The lowest BCUT2D eigenvalue weighted by atomic mass is 10.2. The van der Waals surface area contributed by atoms with Crippen molar-refractivity contribution in [2.75, 3.05) is 18.0 Å². The molecule has 7 nitrogen and oxygen atoms in total. The highest BCUT2D eigenvalue weighted by molar-refractivity contribution is 7.16. The molecule has 4 rings (SSSR count). The van der Waals surface area contributed by atoms with Crippen molar-refractivity contribution in [3.05, 3.63) is 58.9 Å². The minimum absolute atomic E-state index is 0.116. The molecule has 1 saturated heterocycles. The van der Waals surface area contributed by atoms with E-state index in [1.165, 1.54) is 11.3 Å². The smallest absolute Gasteiger partial charge is 0.321 e. The van der Waals surface area contributed by atoms with Gasteiger partial charge in [-0.1, -0.05) is 23.5 Å². The van der Waals surface area contributed by atoms with E-state index < -0.39 is 0 Å². The first-order chi connectivity index (χ1) is 12.6. The van der Waals surface area contributed by atoms with E-state index in [0.29, 0.717) is 23.5 Å². The first kappa shape index (κ1) is 16.3. The zero-order valence-electron chi connectivity index (χ0n) is 14.1. The second-order valence-electron chi connectivity index (χ2n) is 5.89. The number of carbonyl (C=O) groups is 2. The molecule has 0 aliphatic carbocycles. The summed E-state index contributed by atoms with van der Waals surface area (Å²) < 4.78 is 3.05. The Bertz CT molecular complexity index is 1050. The highest BCUT2D eigenvalue weighted by Crippen LogP contribution is 2.17. The Morgan fingerprint density at radius 1 is 1.19 bits per heavy atom. The number of carbonyl (C=O) groups excluding carboxylic acids is 2. The molecule has 3 aromatic rings. The summed E-state index contributed by atoms with van der Waals surface area (Å²) in [7, 11) is 1.92. The van der Waals surface area contributed by atoms with Gasteiger partial charge in [0.1, 0.15) is 0 Å². The van der Waals surface area contributed by atoms with Crippen LogP contribution in [0.1, 0.15) is 10.4 Å². The molecule has 1 aliphatic rings. The van der Waals surface area contributed by atoms with Crippen molar-refractivity contribution in [2.24, 2.45) is 12.1 Å². The zero-order chi connectivity index (χ0) is 18.1. The fraction of sp³-hybridized carbons (Fsp3) is 0.167. The van der Waals surface area contributed by atoms with E-state index in [9.17, 15) is 9.59 Å². The van der Waals surface area contributed by atoms with Crippen molar-refractivity contribution in [3.8, 4) is 0 Å². The summed E-state index contributed by atoms with van der Waals surface area (Å²) in [5.41, 5.74) is 4.92. The predicted molar refractivity (Wildman–Crippen MR) is 101 cm³/mol. The normalized spacial score (nSPS) is 14.7. The lowest BCUT2D eigenvalue weighted by Crippen LogP contribution is -2.27. The van der Waals surface area contributed by atoms with E-state index in [2.05, 4.69) is 15.8 Å². The number of hydrogen-bond donors (Lipinski definition) is 2. The summed E-state index contributed by atoms with van der Waals surface area (Å²) in [6.45, 7) is 1.26. The van der Waals surface area contributed by atoms with Gasteiger partial charge in [0, 0.05) is 31.4 Å². The molecule has 1 fully saturated rings. The lowest BCUT2D eigenvalue weighted by molar-refractivity contribution is 0.0953. The standard InChI is InChI=1S/C18H17N5O2S/c1-22-14-4-2-3-5-15(14)26-18(22)21-20-16(24)12-6-8-13(9-7-12)23-11-10-19-17(23)25/h2-9H,10-11H2,1H3,(H,19,25)(H,20,24)/b21-18-. The van der Waals surface area contributed by atoms with Crippen molar-refractivity contribution < 1.29 is 9.59 Å². The largest absolute Gasteiger partial charge is 0.336 e. The Hall–Kier alpha value is -3.13. The van der Waals surface area contributed by atoms with Crippen LogP contribution in [0.15, 0.2) is 53.6 Å². The number of aromatic nitrogens is 1. The van der Waals surface area contributed by atoms with Crippen LogP contribution in [0.2, 0.25) is 0 Å². The van der Waals surface area contributed by atoms with Gasteiger partial charge in [-0.05, 0) is 36.4 Å². The number of nitrogens with zero attached hydrogens (tertiary/aromatic N) is 3. The van der Waals surface area contributed by atoms with Gasteiger partial charge >= 0.3 is 6.03 Å². The maximum atomic E-state index is 12.3. The number of aryl methyl sites for hydroxylation is 1. The number of anilines is 1. The fourth-order valence-corrected chi connectivity index (χ4v) is 3.84. The Morgan fingerprint density at radius 2 is 1.96 bits per heavy atom. The van der Waals surface area contributed by atoms with Gasteiger partial charge in [0.25, 0.3) is 5.91 Å². The maximum absolute atomic E-state index is 12.3. The fourth-order valence-electron chi connectivity index (χ4n) is 2.86. The summed E-state index contributed by atoms with van der Waals surface area (Å²) in [4.78, 5) is 26.4. The summed E-state index contributed by atoms with van der Waals surface area (Å²) in [6.07, 6.45) is 0. The van der Waals surface area contributed by atoms with Gasteiger partial charge in [-0.3, -0.25) is 9.69 Å². The van der Waals surface area contributed by atoms with Gasteiger partial charge in [0.15, 0.2) is 0 Å². The number of urea groups is 1. The Kier molecular flexibility index (Phi) is 4.18. The van der Waals surface area contributed by atoms with Gasteiger partial charge < -0.3 is 9.88 Å². The van der Waals surface area contributed by atoms with Crippen LogP contribution in [0, 0.1) is 0 Å². The van der Waals surface area contributed by atoms with Crippen LogP contribution >= 0.6 is 11.3 Å². The summed E-state index contributed by atoms with van der Waals surface area (Å²) in [5, 5.41) is 6.99. The third-order valence-corrected chi connectivity index (χ3v) is 5.38. The summed E-state index contributed by atoms with van der Waals surface area (Å²) >= 11 is 1.51. The first-order valence-electron chi connectivity index (χ1n) is 8.17. The molecule has 1 aromatic heterocycles. The minimum Gasteiger partial charge on any atom is -0.336 e. The Labute approximate surface area is 153 Å². The lowest BCUT2D eigenvalue weighted by Gasteiger charge is -2.14. The molecule has 3 amide bonds.